The average Bonchev–Trinajstić information content (AvgIpc) is 3.05. The first-order valence-corrected chi connectivity index (χ1v) is 12.9. The minimum absolute atomic E-state index is 0.946. The van der Waals surface area contributed by atoms with E-state index in [1.807, 2.05) is 0 Å². The largest absolute Gasteiger partial charge is 0.466 e. The summed E-state index contributed by atoms with van der Waals surface area (Å²) in [4.78, 5) is 0. The quantitative estimate of drug-likeness (QED) is 0.0799. The second-order valence-electron chi connectivity index (χ2n) is 10.5. The fourth-order valence-corrected chi connectivity index (χ4v) is 3.11. The number of hydrogen-bond donors (Lipinski definition) is 0. The van der Waals surface area contributed by atoms with Gasteiger partial charge in [0.05, 0.1) is 0 Å². The molecule has 0 saturated carbocycles. The van der Waals surface area contributed by atoms with Crippen molar-refractivity contribution in [1.82, 2.24) is 0 Å². The summed E-state index contributed by atoms with van der Waals surface area (Å²) in [5.41, 5.74) is 0. The monoisotopic (exact) mass is 966 g/mol. The van der Waals surface area contributed by atoms with Crippen molar-refractivity contribution < 1.29 is 163 Å². The van der Waals surface area contributed by atoms with E-state index in [-0.39, 0.29) is 0 Å². The molecule has 0 N–H and O–H groups in total. The lowest BCUT2D eigenvalue weighted by molar-refractivity contribution is -0.443. The summed E-state index contributed by atoms with van der Waals surface area (Å²) in [7, 11) is 0. The molecule has 0 amide bonds. The molecule has 59 heavy (non-hydrogen) atoms. The first-order chi connectivity index (χ1) is 25.4. The van der Waals surface area contributed by atoms with Gasteiger partial charge in [0.2, 0.25) is 0 Å². The van der Waals surface area contributed by atoms with Gasteiger partial charge in [-0.3, -0.25) is 0 Å². The van der Waals surface area contributed by atoms with Crippen LogP contribution in [-0.4, -0.2) is 108 Å². The Morgan fingerprint density at radius 2 is 0.441 bits per heavy atom. The van der Waals surface area contributed by atoms with Gasteiger partial charge in [0.15, 0.2) is 0 Å². The second kappa shape index (κ2) is 15.8. The summed E-state index contributed by atoms with van der Waals surface area (Å²) in [5.74, 6) is -102. The lowest BCUT2D eigenvalue weighted by atomic mass is 9.89. The van der Waals surface area contributed by atoms with Crippen LogP contribution in [0, 0.1) is 0 Å². The highest BCUT2D eigenvalue weighted by Gasteiger charge is 2.94. The first kappa shape index (κ1) is 55.5. The lowest BCUT2D eigenvalue weighted by Gasteiger charge is -2.42. The molecule has 37 heteroatoms. The van der Waals surface area contributed by atoms with Gasteiger partial charge in [0.1, 0.15) is 25.0 Å². The molecule has 0 aromatic heterocycles. The molecule has 0 aliphatic carbocycles. The van der Waals surface area contributed by atoms with Gasteiger partial charge in [0.25, 0.3) is 12.3 Å². The maximum Gasteiger partial charge on any atom is 0.435 e. The highest BCUT2D eigenvalue weighted by Crippen LogP contribution is 2.64. The number of alkyl halides is 34. The molecule has 0 radical (unpaired) electrons. The van der Waals surface area contributed by atoms with Gasteiger partial charge in [-0.15, -0.1) is 0 Å². The Kier molecular flexibility index (Phi) is 14.8. The van der Waals surface area contributed by atoms with Gasteiger partial charge in [0, 0.05) is 0 Å². The molecular weight excluding hydrogens is 958 g/mol. The molecule has 3 nitrogen and oxygen atoms in total. The Balaban J connectivity index is 6.17. The van der Waals surface area contributed by atoms with E-state index >= 15 is 0 Å². The van der Waals surface area contributed by atoms with E-state index in [4.69, 9.17) is 0 Å². The van der Waals surface area contributed by atoms with Crippen LogP contribution in [0.2, 0.25) is 0 Å². The third kappa shape index (κ3) is 8.30. The molecule has 0 heterocycles. The van der Waals surface area contributed by atoms with Crippen LogP contribution in [0.4, 0.5) is 149 Å². The van der Waals surface area contributed by atoms with Crippen molar-refractivity contribution in [2.45, 2.75) is 108 Å². The van der Waals surface area contributed by atoms with Crippen LogP contribution in [0.5, 0.6) is 0 Å². The predicted octanol–water partition coefficient (Wildman–Crippen LogP) is 12.0. The summed E-state index contributed by atoms with van der Waals surface area (Å²) in [6, 6.07) is 0. The van der Waals surface area contributed by atoms with Gasteiger partial charge in [-0.05, 0) is 0 Å². The molecule has 0 fully saturated rings. The van der Waals surface area contributed by atoms with Crippen molar-refractivity contribution in [3.63, 3.8) is 0 Å². The molecule has 0 aliphatic rings. The summed E-state index contributed by atoms with van der Waals surface area (Å²) < 4.78 is 459. The fourth-order valence-electron chi connectivity index (χ4n) is 3.11. The Labute approximate surface area is 298 Å². The van der Waals surface area contributed by atoms with E-state index < -0.39 is 134 Å². The molecule has 0 bridgehead atoms. The third-order valence-corrected chi connectivity index (χ3v) is 6.53. The van der Waals surface area contributed by atoms with Crippen molar-refractivity contribution in [3.05, 3.63) is 25.0 Å². The predicted molar refractivity (Wildman–Crippen MR) is 113 cm³/mol. The zero-order chi connectivity index (χ0) is 48.3. The zero-order valence-corrected chi connectivity index (χ0v) is 25.7. The molecule has 2 unspecified atom stereocenters. The molecular formula is C22H8F34O3. The maximum absolute atomic E-state index is 13.7. The van der Waals surface area contributed by atoms with E-state index in [0.717, 1.165) is 0 Å². The standard InChI is InChI=1S/C22H8F34O3/c23-5(9(29,30)15(41,42)19(49,50)21(53,54)17(45,46)11(33,34)7(25)26)13(37,38)58-3-1-57-2-4-59-14(39,40)6(24)10(31,32)16(43,44)20(51,52)22(55,56)18(47,48)12(35,36)8(27)28/h1-8H/b3-1+,4-2+. The number of halogens is 34. The smallest absolute Gasteiger partial charge is 0.435 e. The van der Waals surface area contributed by atoms with E-state index in [1.165, 1.54) is 0 Å². The molecule has 0 aromatic carbocycles. The Morgan fingerprint density at radius 1 is 0.254 bits per heavy atom. The van der Waals surface area contributed by atoms with Crippen LogP contribution in [-0.2, 0) is 14.2 Å². The first-order valence-electron chi connectivity index (χ1n) is 12.9. The van der Waals surface area contributed by atoms with Crippen LogP contribution in [0.3, 0.4) is 0 Å². The average molecular weight is 966 g/mol. The molecule has 0 aromatic rings. The second-order valence-corrected chi connectivity index (χ2v) is 10.5. The molecule has 0 rings (SSSR count). The van der Waals surface area contributed by atoms with Crippen molar-refractivity contribution in [2.24, 2.45) is 0 Å². The molecule has 0 spiro atoms. The SMILES string of the molecule is FC(F)C(F)(F)C(F)(F)C(F)(F)C(F)(F)C(F)(F)C(F)(F)C(F)C(F)(F)O/C=C/O/C=C/OC(F)(F)C(F)C(F)(F)C(F)(F)C(F)(F)C(F)(F)C(F)(F)C(F)(F)C(F)F. The highest BCUT2D eigenvalue weighted by molar-refractivity contribution is 5.15. The van der Waals surface area contributed by atoms with E-state index in [9.17, 15) is 149 Å². The van der Waals surface area contributed by atoms with Gasteiger partial charge in [-0.1, -0.05) is 0 Å². The summed E-state index contributed by atoms with van der Waals surface area (Å²) in [6.45, 7) is 0. The summed E-state index contributed by atoms with van der Waals surface area (Å²) in [5, 5.41) is 0. The number of ether oxygens (including phenoxy) is 3. The number of rotatable bonds is 22. The van der Waals surface area contributed by atoms with Crippen LogP contribution < -0.4 is 0 Å². The van der Waals surface area contributed by atoms with Gasteiger partial charge < -0.3 is 14.2 Å². The van der Waals surface area contributed by atoms with Crippen LogP contribution in [0.1, 0.15) is 0 Å². The molecule has 0 saturated heterocycles. The van der Waals surface area contributed by atoms with Crippen LogP contribution in [0.15, 0.2) is 25.0 Å². The van der Waals surface area contributed by atoms with Crippen LogP contribution >= 0.6 is 0 Å². The van der Waals surface area contributed by atoms with Crippen molar-refractivity contribution in [3.8, 4) is 0 Å². The summed E-state index contributed by atoms with van der Waals surface area (Å²) in [6.07, 6.45) is -43.8. The Morgan fingerprint density at radius 3 is 0.627 bits per heavy atom. The van der Waals surface area contributed by atoms with E-state index in [0.29, 0.717) is 0 Å². The van der Waals surface area contributed by atoms with Crippen molar-refractivity contribution >= 4 is 0 Å². The summed E-state index contributed by atoms with van der Waals surface area (Å²) >= 11 is 0. The molecule has 2 atom stereocenters. The fraction of sp³-hybridized carbons (Fsp3) is 0.818. The minimum Gasteiger partial charge on any atom is -0.466 e. The Bertz CT molecular complexity index is 1370. The van der Waals surface area contributed by atoms with Gasteiger partial charge >= 0.3 is 96.1 Å². The normalized spacial score (nSPS) is 17.4. The van der Waals surface area contributed by atoms with Crippen LogP contribution in [0.25, 0.3) is 0 Å². The van der Waals surface area contributed by atoms with Crippen molar-refractivity contribution in [2.75, 3.05) is 0 Å². The zero-order valence-electron chi connectivity index (χ0n) is 25.7. The lowest BCUT2D eigenvalue weighted by Crippen LogP contribution is -2.73. The third-order valence-electron chi connectivity index (χ3n) is 6.53. The van der Waals surface area contributed by atoms with Gasteiger partial charge in [-0.25, -0.2) is 26.3 Å². The number of hydrogen-bond acceptors (Lipinski definition) is 3. The van der Waals surface area contributed by atoms with E-state index in [1.54, 1.807) is 0 Å². The topological polar surface area (TPSA) is 27.7 Å². The van der Waals surface area contributed by atoms with Crippen molar-refractivity contribution in [1.29, 1.82) is 0 Å². The minimum atomic E-state index is -8.90. The van der Waals surface area contributed by atoms with E-state index in [2.05, 4.69) is 14.2 Å². The Hall–Kier alpha value is -3.50. The highest BCUT2D eigenvalue weighted by atomic mass is 19.4. The molecule has 352 valence electrons. The van der Waals surface area contributed by atoms with Gasteiger partial charge in [-0.2, -0.15) is 123 Å². The maximum atomic E-state index is 13.7. The molecule has 0 aliphatic heterocycles.